The van der Waals surface area contributed by atoms with Crippen LogP contribution in [0.3, 0.4) is 0 Å². The molecule has 0 radical (unpaired) electrons. The highest BCUT2D eigenvalue weighted by Gasteiger charge is 2.25. The molecule has 1 saturated heterocycles. The van der Waals surface area contributed by atoms with Gasteiger partial charge in [-0.25, -0.2) is 4.98 Å². The van der Waals surface area contributed by atoms with Gasteiger partial charge in [0.2, 0.25) is 0 Å². The van der Waals surface area contributed by atoms with Gasteiger partial charge in [-0.15, -0.1) is 0 Å². The van der Waals surface area contributed by atoms with Crippen LogP contribution in [0.25, 0.3) is 11.3 Å². The number of rotatable bonds is 5. The van der Waals surface area contributed by atoms with Crippen LogP contribution in [-0.2, 0) is 0 Å². The molecule has 0 aliphatic carbocycles. The Hall–Kier alpha value is -2.47. The highest BCUT2D eigenvalue weighted by molar-refractivity contribution is 5.71. The van der Waals surface area contributed by atoms with E-state index in [0.29, 0.717) is 12.1 Å². The maximum atomic E-state index is 11.4. The molecule has 6 heteroatoms. The summed E-state index contributed by atoms with van der Waals surface area (Å²) in [5, 5.41) is 20.7. The second-order valence-corrected chi connectivity index (χ2v) is 6.02. The number of nitrogens with zero attached hydrogens (tertiary/aromatic N) is 3. The Labute approximate surface area is 140 Å². The van der Waals surface area contributed by atoms with Crippen LogP contribution < -0.4 is 4.90 Å². The third kappa shape index (κ3) is 3.38. The van der Waals surface area contributed by atoms with Crippen molar-refractivity contribution in [3.63, 3.8) is 0 Å². The summed E-state index contributed by atoms with van der Waals surface area (Å²) in [5.74, 6) is 0.748. The van der Waals surface area contributed by atoms with Gasteiger partial charge in [-0.05, 0) is 31.7 Å². The molecule has 0 amide bonds. The first kappa shape index (κ1) is 16.4. The summed E-state index contributed by atoms with van der Waals surface area (Å²) in [6.07, 6.45) is 3.92. The Balaban J connectivity index is 2.02. The Kier molecular flexibility index (Phi) is 5.05. The lowest BCUT2D eigenvalue weighted by atomic mass is 9.99. The quantitative estimate of drug-likeness (QED) is 0.672. The molecule has 126 valence electrons. The smallest absolute Gasteiger partial charge is 0.295 e. The van der Waals surface area contributed by atoms with E-state index in [1.54, 1.807) is 6.07 Å². The first-order chi connectivity index (χ1) is 11.7. The summed E-state index contributed by atoms with van der Waals surface area (Å²) in [7, 11) is 0. The SMILES string of the molecule is O=[N+]([O-])c1ccc(N2CCCCC2CCO)nc1-c1ccccc1. The molecule has 6 nitrogen and oxygen atoms in total. The summed E-state index contributed by atoms with van der Waals surface area (Å²) in [5.41, 5.74) is 1.15. The number of piperidine rings is 1. The summed E-state index contributed by atoms with van der Waals surface area (Å²) in [4.78, 5) is 17.8. The molecule has 0 saturated carbocycles. The molecule has 2 aromatic rings. The van der Waals surface area contributed by atoms with E-state index in [9.17, 15) is 15.2 Å². The largest absolute Gasteiger partial charge is 0.396 e. The number of nitro groups is 1. The van der Waals surface area contributed by atoms with E-state index in [0.717, 1.165) is 37.2 Å². The van der Waals surface area contributed by atoms with Crippen molar-refractivity contribution in [3.8, 4) is 11.3 Å². The van der Waals surface area contributed by atoms with Crippen LogP contribution in [0.5, 0.6) is 0 Å². The minimum atomic E-state index is -0.388. The molecule has 2 heterocycles. The number of aliphatic hydroxyl groups is 1. The van der Waals surface area contributed by atoms with E-state index in [1.807, 2.05) is 30.3 Å². The van der Waals surface area contributed by atoms with E-state index < -0.39 is 0 Å². The lowest BCUT2D eigenvalue weighted by molar-refractivity contribution is -0.384. The normalized spacial score (nSPS) is 17.7. The van der Waals surface area contributed by atoms with Crippen LogP contribution in [-0.4, -0.2) is 34.2 Å². The number of aromatic nitrogens is 1. The third-order valence-electron chi connectivity index (χ3n) is 4.49. The average Bonchev–Trinajstić information content (AvgIpc) is 2.62. The van der Waals surface area contributed by atoms with E-state index >= 15 is 0 Å². The first-order valence-electron chi connectivity index (χ1n) is 8.29. The van der Waals surface area contributed by atoms with Crippen molar-refractivity contribution in [2.75, 3.05) is 18.1 Å². The Morgan fingerprint density at radius 2 is 2.00 bits per heavy atom. The van der Waals surface area contributed by atoms with Gasteiger partial charge >= 0.3 is 0 Å². The highest BCUT2D eigenvalue weighted by atomic mass is 16.6. The molecule has 1 aromatic carbocycles. The molecular weight excluding hydrogens is 306 g/mol. The number of hydrogen-bond donors (Lipinski definition) is 1. The Morgan fingerprint density at radius 3 is 2.71 bits per heavy atom. The Morgan fingerprint density at radius 1 is 1.21 bits per heavy atom. The molecule has 1 N–H and O–H groups in total. The van der Waals surface area contributed by atoms with E-state index in [-0.39, 0.29) is 23.3 Å². The van der Waals surface area contributed by atoms with Crippen molar-refractivity contribution in [1.82, 2.24) is 4.98 Å². The molecule has 1 aromatic heterocycles. The molecule has 1 atom stereocenters. The van der Waals surface area contributed by atoms with Gasteiger partial charge in [0.05, 0.1) is 4.92 Å². The monoisotopic (exact) mass is 327 g/mol. The summed E-state index contributed by atoms with van der Waals surface area (Å²) < 4.78 is 0. The van der Waals surface area contributed by atoms with Crippen LogP contribution in [0.1, 0.15) is 25.7 Å². The van der Waals surface area contributed by atoms with Crippen molar-refractivity contribution < 1.29 is 10.0 Å². The Bertz CT molecular complexity index is 704. The molecular formula is C18H21N3O3. The number of benzene rings is 1. The van der Waals surface area contributed by atoms with Crippen LogP contribution in [0.4, 0.5) is 11.5 Å². The van der Waals surface area contributed by atoms with Crippen molar-refractivity contribution >= 4 is 11.5 Å². The van der Waals surface area contributed by atoms with Crippen LogP contribution in [0, 0.1) is 10.1 Å². The molecule has 1 fully saturated rings. The number of anilines is 1. The van der Waals surface area contributed by atoms with Crippen molar-refractivity contribution in [2.24, 2.45) is 0 Å². The molecule has 1 unspecified atom stereocenters. The van der Waals surface area contributed by atoms with Gasteiger partial charge in [0.1, 0.15) is 5.82 Å². The van der Waals surface area contributed by atoms with Gasteiger partial charge in [-0.2, -0.15) is 0 Å². The van der Waals surface area contributed by atoms with Gasteiger partial charge in [0, 0.05) is 30.8 Å². The van der Waals surface area contributed by atoms with E-state index in [2.05, 4.69) is 9.88 Å². The number of aliphatic hydroxyl groups excluding tert-OH is 1. The molecule has 0 bridgehead atoms. The first-order valence-corrected chi connectivity index (χ1v) is 8.29. The molecule has 3 rings (SSSR count). The van der Waals surface area contributed by atoms with Crippen LogP contribution in [0.2, 0.25) is 0 Å². The van der Waals surface area contributed by atoms with Gasteiger partial charge < -0.3 is 10.0 Å². The summed E-state index contributed by atoms with van der Waals surface area (Å²) in [6.45, 7) is 1.00. The zero-order chi connectivity index (χ0) is 16.9. The lowest BCUT2D eigenvalue weighted by Gasteiger charge is -2.36. The third-order valence-corrected chi connectivity index (χ3v) is 4.49. The predicted octanol–water partition coefficient (Wildman–Crippen LogP) is 3.40. The topological polar surface area (TPSA) is 79.5 Å². The standard InChI is InChI=1S/C18H21N3O3/c22-13-11-15-8-4-5-12-20(15)17-10-9-16(21(23)24)18(19-17)14-6-2-1-3-7-14/h1-3,6-7,9-10,15,22H,4-5,8,11-13H2. The van der Waals surface area contributed by atoms with Gasteiger partial charge in [0.15, 0.2) is 5.69 Å². The fourth-order valence-corrected chi connectivity index (χ4v) is 3.31. The van der Waals surface area contributed by atoms with Crippen molar-refractivity contribution in [3.05, 3.63) is 52.6 Å². The molecule has 0 spiro atoms. The number of hydrogen-bond acceptors (Lipinski definition) is 5. The number of pyridine rings is 1. The fourth-order valence-electron chi connectivity index (χ4n) is 3.31. The lowest BCUT2D eigenvalue weighted by Crippen LogP contribution is -2.40. The summed E-state index contributed by atoms with van der Waals surface area (Å²) >= 11 is 0. The highest BCUT2D eigenvalue weighted by Crippen LogP contribution is 2.32. The van der Waals surface area contributed by atoms with Crippen LogP contribution >= 0.6 is 0 Å². The minimum absolute atomic E-state index is 0.0145. The van der Waals surface area contributed by atoms with Crippen molar-refractivity contribution in [2.45, 2.75) is 31.7 Å². The second-order valence-electron chi connectivity index (χ2n) is 6.02. The van der Waals surface area contributed by atoms with Gasteiger partial charge in [-0.3, -0.25) is 10.1 Å². The second kappa shape index (κ2) is 7.40. The van der Waals surface area contributed by atoms with Crippen molar-refractivity contribution in [1.29, 1.82) is 0 Å². The minimum Gasteiger partial charge on any atom is -0.396 e. The van der Waals surface area contributed by atoms with E-state index in [4.69, 9.17) is 0 Å². The van der Waals surface area contributed by atoms with E-state index in [1.165, 1.54) is 6.07 Å². The zero-order valence-corrected chi connectivity index (χ0v) is 13.5. The van der Waals surface area contributed by atoms with Crippen LogP contribution in [0.15, 0.2) is 42.5 Å². The molecule has 24 heavy (non-hydrogen) atoms. The maximum Gasteiger partial charge on any atom is 0.295 e. The zero-order valence-electron chi connectivity index (χ0n) is 13.5. The molecule has 1 aliphatic rings. The summed E-state index contributed by atoms with van der Waals surface area (Å²) in [6, 6.07) is 12.7. The average molecular weight is 327 g/mol. The fraction of sp³-hybridized carbons (Fsp3) is 0.389. The predicted molar refractivity (Wildman–Crippen MR) is 93.0 cm³/mol. The van der Waals surface area contributed by atoms with Gasteiger partial charge in [0.25, 0.3) is 5.69 Å². The van der Waals surface area contributed by atoms with Gasteiger partial charge in [-0.1, -0.05) is 30.3 Å². The maximum absolute atomic E-state index is 11.4. The molecule has 1 aliphatic heterocycles.